The van der Waals surface area contributed by atoms with E-state index in [4.69, 9.17) is 14.2 Å². The van der Waals surface area contributed by atoms with E-state index in [0.29, 0.717) is 44.5 Å². The molecule has 1 saturated heterocycles. The molecule has 0 radical (unpaired) electrons. The second-order valence-corrected chi connectivity index (χ2v) is 6.61. The molecule has 1 N–H and O–H groups in total. The van der Waals surface area contributed by atoms with E-state index in [-0.39, 0.29) is 18.5 Å². The Balaban J connectivity index is 1.40. The van der Waals surface area contributed by atoms with Crippen LogP contribution in [0.15, 0.2) is 24.3 Å². The number of carbonyl (C=O) groups excluding carboxylic acids is 1. The predicted octanol–water partition coefficient (Wildman–Crippen LogP) is 0.727. The van der Waals surface area contributed by atoms with Gasteiger partial charge >= 0.3 is 6.01 Å². The van der Waals surface area contributed by atoms with Crippen molar-refractivity contribution in [2.75, 3.05) is 38.3 Å². The fourth-order valence-electron chi connectivity index (χ4n) is 3.25. The number of nitrogens with one attached hydrogen (secondary N) is 1. The number of amides is 1. The molecule has 3 heterocycles. The quantitative estimate of drug-likeness (QED) is 0.804. The number of carbonyl (C=O) groups is 1. The van der Waals surface area contributed by atoms with Gasteiger partial charge in [-0.2, -0.15) is 15.0 Å². The minimum Gasteiger partial charge on any atom is -0.480 e. The van der Waals surface area contributed by atoms with Gasteiger partial charge in [-0.25, -0.2) is 0 Å². The number of para-hydroxylation sites is 1. The Morgan fingerprint density at radius 2 is 2.07 bits per heavy atom. The maximum absolute atomic E-state index is 12.6. The van der Waals surface area contributed by atoms with Gasteiger partial charge in [-0.15, -0.1) is 0 Å². The summed E-state index contributed by atoms with van der Waals surface area (Å²) < 4.78 is 16.4. The molecular formula is C19H23N5O4. The van der Waals surface area contributed by atoms with Crippen LogP contribution in [0.3, 0.4) is 0 Å². The summed E-state index contributed by atoms with van der Waals surface area (Å²) in [5.74, 6) is 1.56. The molecule has 0 spiro atoms. The van der Waals surface area contributed by atoms with E-state index in [1.165, 1.54) is 7.11 Å². The highest BCUT2D eigenvalue weighted by atomic mass is 16.5. The first kappa shape index (κ1) is 18.4. The summed E-state index contributed by atoms with van der Waals surface area (Å²) in [6.07, 6.45) is 0.939. The molecule has 4 rings (SSSR count). The lowest BCUT2D eigenvalue weighted by Gasteiger charge is -2.27. The maximum atomic E-state index is 12.6. The third kappa shape index (κ3) is 4.14. The van der Waals surface area contributed by atoms with Crippen LogP contribution in [0.4, 0.5) is 5.95 Å². The van der Waals surface area contributed by atoms with Crippen molar-refractivity contribution in [3.8, 4) is 11.8 Å². The smallest absolute Gasteiger partial charge is 0.321 e. The zero-order chi connectivity index (χ0) is 19.3. The Morgan fingerprint density at radius 3 is 2.89 bits per heavy atom. The monoisotopic (exact) mass is 385 g/mol. The van der Waals surface area contributed by atoms with Crippen molar-refractivity contribution in [3.05, 3.63) is 35.7 Å². The first-order valence-corrected chi connectivity index (χ1v) is 9.37. The van der Waals surface area contributed by atoms with Gasteiger partial charge in [0.25, 0.3) is 5.91 Å². The van der Waals surface area contributed by atoms with Crippen LogP contribution in [0.5, 0.6) is 11.8 Å². The minimum atomic E-state index is -0.516. The average Bonchev–Trinajstić information content (AvgIpc) is 2.77. The third-order valence-electron chi connectivity index (χ3n) is 4.76. The van der Waals surface area contributed by atoms with E-state index < -0.39 is 6.10 Å². The van der Waals surface area contributed by atoms with E-state index in [1.54, 1.807) is 0 Å². The molecular weight excluding hydrogens is 362 g/mol. The van der Waals surface area contributed by atoms with E-state index in [1.807, 2.05) is 29.2 Å². The van der Waals surface area contributed by atoms with Crippen molar-refractivity contribution in [3.63, 3.8) is 0 Å². The second-order valence-electron chi connectivity index (χ2n) is 6.61. The number of nitrogens with zero attached hydrogens (tertiary/aromatic N) is 4. The molecule has 28 heavy (non-hydrogen) atoms. The topological polar surface area (TPSA) is 98.7 Å². The van der Waals surface area contributed by atoms with Crippen LogP contribution >= 0.6 is 0 Å². The van der Waals surface area contributed by atoms with Crippen LogP contribution in [0.1, 0.15) is 17.8 Å². The highest BCUT2D eigenvalue weighted by Crippen LogP contribution is 2.27. The van der Waals surface area contributed by atoms with Gasteiger partial charge in [0.1, 0.15) is 5.75 Å². The molecule has 1 atom stereocenters. The van der Waals surface area contributed by atoms with Crippen LogP contribution < -0.4 is 19.7 Å². The summed E-state index contributed by atoms with van der Waals surface area (Å²) in [7, 11) is 1.51. The molecule has 9 heteroatoms. The van der Waals surface area contributed by atoms with Crippen LogP contribution in [-0.4, -0.2) is 60.4 Å². The lowest BCUT2D eigenvalue weighted by molar-refractivity contribution is -0.128. The van der Waals surface area contributed by atoms with Gasteiger partial charge in [0, 0.05) is 13.1 Å². The fraction of sp³-hybridized carbons (Fsp3) is 0.474. The summed E-state index contributed by atoms with van der Waals surface area (Å²) in [4.78, 5) is 27.6. The van der Waals surface area contributed by atoms with Gasteiger partial charge in [-0.3, -0.25) is 4.79 Å². The molecule has 1 fully saturated rings. The number of fused-ring (bicyclic) bond motifs is 1. The second kappa shape index (κ2) is 8.39. The molecule has 1 unspecified atom stereocenters. The molecule has 2 aliphatic heterocycles. The fourth-order valence-corrected chi connectivity index (χ4v) is 3.25. The van der Waals surface area contributed by atoms with Crippen molar-refractivity contribution in [2.45, 2.75) is 25.5 Å². The summed E-state index contributed by atoms with van der Waals surface area (Å²) in [5, 5.41) is 2.87. The summed E-state index contributed by atoms with van der Waals surface area (Å²) >= 11 is 0. The van der Waals surface area contributed by atoms with Crippen molar-refractivity contribution in [1.29, 1.82) is 0 Å². The van der Waals surface area contributed by atoms with Crippen LogP contribution in [0.25, 0.3) is 0 Å². The van der Waals surface area contributed by atoms with E-state index in [0.717, 1.165) is 17.7 Å². The number of hydrogen-bond acceptors (Lipinski definition) is 8. The number of hydrogen-bond donors (Lipinski definition) is 1. The number of aryl methyl sites for hydroxylation is 1. The number of anilines is 1. The molecule has 1 aromatic carbocycles. The summed E-state index contributed by atoms with van der Waals surface area (Å²) in [6, 6.07) is 8.02. The molecule has 1 amide bonds. The van der Waals surface area contributed by atoms with Crippen LogP contribution in [-0.2, 0) is 22.5 Å². The lowest BCUT2D eigenvalue weighted by atomic mass is 10.0. The molecule has 0 saturated carbocycles. The molecule has 1 aromatic heterocycles. The number of benzene rings is 1. The van der Waals surface area contributed by atoms with E-state index >= 15 is 0 Å². The predicted molar refractivity (Wildman–Crippen MR) is 100 cm³/mol. The molecule has 0 aliphatic carbocycles. The molecule has 9 nitrogen and oxygen atoms in total. The van der Waals surface area contributed by atoms with Gasteiger partial charge in [0.05, 0.1) is 26.9 Å². The van der Waals surface area contributed by atoms with Crippen molar-refractivity contribution in [2.24, 2.45) is 0 Å². The first-order valence-electron chi connectivity index (χ1n) is 9.37. The highest BCUT2D eigenvalue weighted by molar-refractivity contribution is 5.81. The highest BCUT2D eigenvalue weighted by Gasteiger charge is 2.26. The van der Waals surface area contributed by atoms with Gasteiger partial charge in [-0.05, 0) is 24.5 Å². The summed E-state index contributed by atoms with van der Waals surface area (Å²) in [5.41, 5.74) is 1.13. The zero-order valence-electron chi connectivity index (χ0n) is 15.8. The third-order valence-corrected chi connectivity index (χ3v) is 4.76. The largest absolute Gasteiger partial charge is 0.480 e. The molecule has 0 bridgehead atoms. The van der Waals surface area contributed by atoms with Gasteiger partial charge in [0.15, 0.2) is 11.9 Å². The Labute approximate surface area is 163 Å². The Hall–Kier alpha value is -2.94. The van der Waals surface area contributed by atoms with Gasteiger partial charge in [0.2, 0.25) is 5.95 Å². The molecule has 2 aromatic rings. The Morgan fingerprint density at radius 1 is 1.25 bits per heavy atom. The maximum Gasteiger partial charge on any atom is 0.321 e. The minimum absolute atomic E-state index is 0.177. The average molecular weight is 385 g/mol. The van der Waals surface area contributed by atoms with Gasteiger partial charge in [-0.1, -0.05) is 18.2 Å². The lowest BCUT2D eigenvalue weighted by Crippen LogP contribution is -2.40. The number of rotatable bonds is 5. The summed E-state index contributed by atoms with van der Waals surface area (Å²) in [6.45, 7) is 2.83. The van der Waals surface area contributed by atoms with Crippen molar-refractivity contribution in [1.82, 2.24) is 20.3 Å². The van der Waals surface area contributed by atoms with E-state index in [9.17, 15) is 4.79 Å². The molecule has 2 aliphatic rings. The van der Waals surface area contributed by atoms with Crippen molar-refractivity contribution < 1.29 is 19.0 Å². The standard InChI is InChI=1S/C19H23N5O4/c1-26-19-22-16(21-18(23-19)24-8-10-27-11-9-24)12-20-17(25)15-7-6-13-4-2-3-5-14(13)28-15/h2-5,15H,6-12H2,1H3,(H,20,25). The number of methoxy groups -OCH3 is 1. The number of aromatic nitrogens is 3. The van der Waals surface area contributed by atoms with Crippen molar-refractivity contribution >= 4 is 11.9 Å². The zero-order valence-corrected chi connectivity index (χ0v) is 15.8. The van der Waals surface area contributed by atoms with Gasteiger partial charge < -0.3 is 24.4 Å². The SMILES string of the molecule is COc1nc(CNC(=O)C2CCc3ccccc3O2)nc(N2CCOCC2)n1. The number of morpholine rings is 1. The van der Waals surface area contributed by atoms with Crippen LogP contribution in [0, 0.1) is 0 Å². The normalized spacial score (nSPS) is 18.8. The first-order chi connectivity index (χ1) is 13.7. The molecule has 148 valence electrons. The van der Waals surface area contributed by atoms with Crippen LogP contribution in [0.2, 0.25) is 0 Å². The Kier molecular flexibility index (Phi) is 5.52. The number of ether oxygens (including phenoxy) is 3. The van der Waals surface area contributed by atoms with E-state index in [2.05, 4.69) is 20.3 Å². The Bertz CT molecular complexity index is 841.